The molecule has 0 atom stereocenters. The molecule has 112 valence electrons. The molecule has 1 aliphatic rings. The van der Waals surface area contributed by atoms with Gasteiger partial charge < -0.3 is 19.9 Å². The van der Waals surface area contributed by atoms with Crippen molar-refractivity contribution in [2.75, 3.05) is 6.61 Å². The van der Waals surface area contributed by atoms with Crippen molar-refractivity contribution in [1.29, 1.82) is 0 Å². The van der Waals surface area contributed by atoms with Gasteiger partial charge in [-0.25, -0.2) is 4.79 Å². The number of aromatic carboxylic acids is 1. The molecule has 1 heterocycles. The molecule has 0 aromatic carbocycles. The summed E-state index contributed by atoms with van der Waals surface area (Å²) in [5.74, 6) is 0.762. The van der Waals surface area contributed by atoms with E-state index in [9.17, 15) is 9.90 Å². The van der Waals surface area contributed by atoms with E-state index in [2.05, 4.69) is 12.2 Å². The number of carboxylic acid groups (broad SMARTS) is 1. The minimum absolute atomic E-state index is 0.102. The predicted octanol–water partition coefficient (Wildman–Crippen LogP) is 2.32. The number of nitrogens with one attached hydrogen (secondary N) is 1. The summed E-state index contributed by atoms with van der Waals surface area (Å²) in [4.78, 5) is 11.0. The molecule has 0 saturated heterocycles. The Labute approximate surface area is 119 Å². The molecule has 2 rings (SSSR count). The highest BCUT2D eigenvalue weighted by Crippen LogP contribution is 2.32. The van der Waals surface area contributed by atoms with Gasteiger partial charge in [0.2, 0.25) is 0 Å². The molecule has 20 heavy (non-hydrogen) atoms. The number of hydrogen-bond donors (Lipinski definition) is 3. The number of aliphatic hydroxyl groups is 1. The monoisotopic (exact) mass is 281 g/mol. The maximum atomic E-state index is 11.0. The van der Waals surface area contributed by atoms with E-state index in [-0.39, 0.29) is 17.7 Å². The highest BCUT2D eigenvalue weighted by Gasteiger charge is 2.33. The van der Waals surface area contributed by atoms with Crippen molar-refractivity contribution in [3.63, 3.8) is 0 Å². The molecule has 5 nitrogen and oxygen atoms in total. The van der Waals surface area contributed by atoms with Gasteiger partial charge in [-0.05, 0) is 44.6 Å². The zero-order chi connectivity index (χ0) is 14.8. The summed E-state index contributed by atoms with van der Waals surface area (Å²) in [6.07, 6.45) is 4.09. The van der Waals surface area contributed by atoms with Crippen LogP contribution in [-0.4, -0.2) is 28.3 Å². The third-order valence-corrected chi connectivity index (χ3v) is 4.37. The molecule has 0 radical (unpaired) electrons. The van der Waals surface area contributed by atoms with Gasteiger partial charge in [-0.3, -0.25) is 0 Å². The quantitative estimate of drug-likeness (QED) is 0.771. The number of carboxylic acids is 1. The van der Waals surface area contributed by atoms with Crippen LogP contribution in [0.4, 0.5) is 0 Å². The Balaban J connectivity index is 2.00. The fraction of sp³-hybridized carbons (Fsp3) is 0.667. The van der Waals surface area contributed by atoms with Gasteiger partial charge in [-0.1, -0.05) is 6.92 Å². The summed E-state index contributed by atoms with van der Waals surface area (Å²) in [5.41, 5.74) is -0.0477. The lowest BCUT2D eigenvalue weighted by Gasteiger charge is -2.38. The van der Waals surface area contributed by atoms with E-state index in [1.807, 2.05) is 0 Å². The van der Waals surface area contributed by atoms with E-state index in [1.54, 1.807) is 13.0 Å². The smallest absolute Gasteiger partial charge is 0.339 e. The van der Waals surface area contributed by atoms with Crippen LogP contribution in [0.5, 0.6) is 0 Å². The topological polar surface area (TPSA) is 82.7 Å². The Morgan fingerprint density at radius 1 is 1.50 bits per heavy atom. The summed E-state index contributed by atoms with van der Waals surface area (Å²) in [6.45, 7) is 4.43. The maximum Gasteiger partial charge on any atom is 0.339 e. The van der Waals surface area contributed by atoms with Crippen molar-refractivity contribution < 1.29 is 19.4 Å². The zero-order valence-corrected chi connectivity index (χ0v) is 12.1. The van der Waals surface area contributed by atoms with Crippen LogP contribution in [0, 0.1) is 12.8 Å². The highest BCUT2D eigenvalue weighted by atomic mass is 16.4. The maximum absolute atomic E-state index is 11.0. The van der Waals surface area contributed by atoms with Crippen molar-refractivity contribution in [3.05, 3.63) is 23.2 Å². The molecule has 1 aliphatic carbocycles. The van der Waals surface area contributed by atoms with Crippen LogP contribution in [0.3, 0.4) is 0 Å². The zero-order valence-electron chi connectivity index (χ0n) is 12.1. The first-order valence-electron chi connectivity index (χ1n) is 7.14. The Bertz CT molecular complexity index is 472. The minimum atomic E-state index is -0.971. The van der Waals surface area contributed by atoms with Gasteiger partial charge in [0.15, 0.2) is 0 Å². The molecule has 1 aromatic rings. The number of aliphatic hydroxyl groups excluding tert-OH is 1. The average Bonchev–Trinajstić information content (AvgIpc) is 2.80. The van der Waals surface area contributed by atoms with E-state index >= 15 is 0 Å². The molecule has 0 spiro atoms. The lowest BCUT2D eigenvalue weighted by atomic mass is 9.77. The molecule has 3 N–H and O–H groups in total. The van der Waals surface area contributed by atoms with Gasteiger partial charge in [-0.2, -0.15) is 0 Å². The van der Waals surface area contributed by atoms with Crippen molar-refractivity contribution in [2.45, 2.75) is 51.6 Å². The van der Waals surface area contributed by atoms with Gasteiger partial charge in [0, 0.05) is 5.54 Å². The van der Waals surface area contributed by atoms with Gasteiger partial charge in [0.25, 0.3) is 0 Å². The highest BCUT2D eigenvalue weighted by molar-refractivity contribution is 5.88. The van der Waals surface area contributed by atoms with Crippen LogP contribution < -0.4 is 5.32 Å². The second-order valence-electron chi connectivity index (χ2n) is 5.96. The third kappa shape index (κ3) is 3.22. The number of aryl methyl sites for hydroxylation is 1. The van der Waals surface area contributed by atoms with Gasteiger partial charge in [0.1, 0.15) is 17.1 Å². The normalized spacial score (nSPS) is 26.6. The van der Waals surface area contributed by atoms with Crippen LogP contribution in [0.25, 0.3) is 0 Å². The lowest BCUT2D eigenvalue weighted by molar-refractivity contribution is 0.0695. The summed E-state index contributed by atoms with van der Waals surface area (Å²) in [5, 5.41) is 22.0. The van der Waals surface area contributed by atoms with Gasteiger partial charge >= 0.3 is 5.97 Å². The first-order valence-corrected chi connectivity index (χ1v) is 7.14. The van der Waals surface area contributed by atoms with Crippen molar-refractivity contribution in [1.82, 2.24) is 5.32 Å². The van der Waals surface area contributed by atoms with Crippen LogP contribution in [0.15, 0.2) is 10.5 Å². The first-order chi connectivity index (χ1) is 9.46. The molecule has 0 aliphatic heterocycles. The van der Waals surface area contributed by atoms with E-state index in [1.165, 1.54) is 0 Å². The Kier molecular flexibility index (Phi) is 4.50. The molecule has 1 saturated carbocycles. The molecular weight excluding hydrogens is 258 g/mol. The molecule has 0 unspecified atom stereocenters. The standard InChI is InChI=1S/C15H23NO4/c1-10-3-5-15(9-17,6-4-10)16-8-12-7-13(14(18)19)11(2)20-12/h7,10,16-17H,3-6,8-9H2,1-2H3,(H,18,19). The Hall–Kier alpha value is -1.33. The fourth-order valence-electron chi connectivity index (χ4n) is 2.82. The van der Waals surface area contributed by atoms with E-state index < -0.39 is 5.97 Å². The summed E-state index contributed by atoms with van der Waals surface area (Å²) in [6, 6.07) is 1.56. The Morgan fingerprint density at radius 2 is 2.15 bits per heavy atom. The molecule has 1 fully saturated rings. The van der Waals surface area contributed by atoms with Crippen LogP contribution in [-0.2, 0) is 6.54 Å². The first kappa shape index (κ1) is 15.1. The third-order valence-electron chi connectivity index (χ3n) is 4.37. The van der Waals surface area contributed by atoms with Gasteiger partial charge in [-0.15, -0.1) is 0 Å². The Morgan fingerprint density at radius 3 is 2.65 bits per heavy atom. The summed E-state index contributed by atoms with van der Waals surface area (Å²) < 4.78 is 5.45. The molecule has 1 aromatic heterocycles. The SMILES string of the molecule is Cc1oc(CNC2(CO)CCC(C)CC2)cc1C(=O)O. The van der Waals surface area contributed by atoms with Crippen molar-refractivity contribution in [2.24, 2.45) is 5.92 Å². The number of furan rings is 1. The van der Waals surface area contributed by atoms with Crippen molar-refractivity contribution in [3.8, 4) is 0 Å². The minimum Gasteiger partial charge on any atom is -0.478 e. The van der Waals surface area contributed by atoms with E-state index in [0.717, 1.165) is 25.7 Å². The second kappa shape index (κ2) is 5.97. The molecule has 5 heteroatoms. The van der Waals surface area contributed by atoms with E-state index in [4.69, 9.17) is 9.52 Å². The number of carbonyl (C=O) groups is 1. The largest absolute Gasteiger partial charge is 0.478 e. The summed E-state index contributed by atoms with van der Waals surface area (Å²) >= 11 is 0. The average molecular weight is 281 g/mol. The number of rotatable bonds is 5. The lowest BCUT2D eigenvalue weighted by Crippen LogP contribution is -2.50. The van der Waals surface area contributed by atoms with Crippen molar-refractivity contribution >= 4 is 5.97 Å². The summed E-state index contributed by atoms with van der Waals surface area (Å²) in [7, 11) is 0. The van der Waals surface area contributed by atoms with E-state index in [0.29, 0.717) is 24.0 Å². The second-order valence-corrected chi connectivity index (χ2v) is 5.96. The molecule has 0 bridgehead atoms. The van der Waals surface area contributed by atoms with Crippen LogP contribution in [0.1, 0.15) is 54.5 Å². The van der Waals surface area contributed by atoms with Crippen LogP contribution in [0.2, 0.25) is 0 Å². The molecular formula is C15H23NO4. The van der Waals surface area contributed by atoms with Crippen LogP contribution >= 0.6 is 0 Å². The predicted molar refractivity (Wildman–Crippen MR) is 74.7 cm³/mol. The number of hydrogen-bond acceptors (Lipinski definition) is 4. The fourth-order valence-corrected chi connectivity index (χ4v) is 2.82. The molecule has 0 amide bonds. The van der Waals surface area contributed by atoms with Gasteiger partial charge in [0.05, 0.1) is 13.2 Å².